The van der Waals surface area contributed by atoms with E-state index in [-0.39, 0.29) is 18.5 Å². The maximum atomic E-state index is 11.9. The number of carbonyl (C=O) groups excluding carboxylic acids is 1. The van der Waals surface area contributed by atoms with Gasteiger partial charge in [-0.05, 0) is 37.6 Å². The Kier molecular flexibility index (Phi) is 5.57. The van der Waals surface area contributed by atoms with Gasteiger partial charge >= 0.3 is 5.97 Å². The van der Waals surface area contributed by atoms with Crippen LogP contribution in [0.3, 0.4) is 0 Å². The SMILES string of the molecule is CC(C)N(CC(=O)O)C(=O)/C=C/c1ccc(Cl)cc1. The Labute approximate surface area is 117 Å². The lowest BCUT2D eigenvalue weighted by Crippen LogP contribution is -2.39. The Bertz CT molecular complexity index is 480. The summed E-state index contributed by atoms with van der Waals surface area (Å²) in [4.78, 5) is 23.9. The van der Waals surface area contributed by atoms with Crippen molar-refractivity contribution in [3.8, 4) is 0 Å². The molecule has 0 spiro atoms. The van der Waals surface area contributed by atoms with Crippen molar-refractivity contribution in [2.24, 2.45) is 0 Å². The summed E-state index contributed by atoms with van der Waals surface area (Å²) in [5.74, 6) is -1.35. The van der Waals surface area contributed by atoms with Crippen molar-refractivity contribution in [3.63, 3.8) is 0 Å². The van der Waals surface area contributed by atoms with E-state index in [9.17, 15) is 9.59 Å². The number of hydrogen-bond donors (Lipinski definition) is 1. The van der Waals surface area contributed by atoms with Crippen LogP contribution in [0.15, 0.2) is 30.3 Å². The van der Waals surface area contributed by atoms with Crippen LogP contribution >= 0.6 is 11.6 Å². The molecule has 0 aliphatic rings. The van der Waals surface area contributed by atoms with E-state index in [1.807, 2.05) is 0 Å². The normalized spacial score (nSPS) is 10.9. The van der Waals surface area contributed by atoms with Gasteiger partial charge in [0.2, 0.25) is 5.91 Å². The van der Waals surface area contributed by atoms with Gasteiger partial charge in [-0.25, -0.2) is 0 Å². The molecule has 1 rings (SSSR count). The molecule has 5 heteroatoms. The lowest BCUT2D eigenvalue weighted by Gasteiger charge is -2.23. The van der Waals surface area contributed by atoms with E-state index in [1.165, 1.54) is 11.0 Å². The van der Waals surface area contributed by atoms with Gasteiger partial charge < -0.3 is 10.0 Å². The number of aliphatic carboxylic acids is 1. The molecule has 0 aromatic heterocycles. The van der Waals surface area contributed by atoms with Crippen LogP contribution in [0.25, 0.3) is 6.08 Å². The molecule has 1 aromatic rings. The molecule has 0 aliphatic heterocycles. The second-order valence-corrected chi connectivity index (χ2v) is 4.77. The summed E-state index contributed by atoms with van der Waals surface area (Å²) in [5, 5.41) is 9.39. The Balaban J connectivity index is 2.75. The van der Waals surface area contributed by atoms with Crippen molar-refractivity contribution < 1.29 is 14.7 Å². The van der Waals surface area contributed by atoms with Crippen LogP contribution < -0.4 is 0 Å². The number of carboxylic acid groups (broad SMARTS) is 1. The molecule has 19 heavy (non-hydrogen) atoms. The Morgan fingerprint density at radius 1 is 1.32 bits per heavy atom. The van der Waals surface area contributed by atoms with E-state index < -0.39 is 5.97 Å². The van der Waals surface area contributed by atoms with Crippen molar-refractivity contribution in [3.05, 3.63) is 40.9 Å². The zero-order valence-electron chi connectivity index (χ0n) is 10.8. The molecule has 0 heterocycles. The van der Waals surface area contributed by atoms with Crippen molar-refractivity contribution in [2.75, 3.05) is 6.54 Å². The van der Waals surface area contributed by atoms with Gasteiger partial charge in [0.25, 0.3) is 0 Å². The highest BCUT2D eigenvalue weighted by molar-refractivity contribution is 6.30. The van der Waals surface area contributed by atoms with Gasteiger partial charge in [-0.1, -0.05) is 23.7 Å². The molecule has 0 bridgehead atoms. The minimum atomic E-state index is -1.03. The summed E-state index contributed by atoms with van der Waals surface area (Å²) in [6, 6.07) is 6.84. The number of nitrogens with zero attached hydrogens (tertiary/aromatic N) is 1. The fraction of sp³-hybridized carbons (Fsp3) is 0.286. The van der Waals surface area contributed by atoms with Gasteiger partial charge in [0, 0.05) is 17.1 Å². The number of amides is 1. The largest absolute Gasteiger partial charge is 0.480 e. The number of carbonyl (C=O) groups is 2. The van der Waals surface area contributed by atoms with Crippen LogP contribution in [-0.2, 0) is 9.59 Å². The highest BCUT2D eigenvalue weighted by Gasteiger charge is 2.17. The summed E-state index contributed by atoms with van der Waals surface area (Å²) >= 11 is 5.76. The van der Waals surface area contributed by atoms with Gasteiger partial charge in [-0.15, -0.1) is 0 Å². The molecular weight excluding hydrogens is 266 g/mol. The molecule has 0 unspecified atom stereocenters. The first-order valence-electron chi connectivity index (χ1n) is 5.86. The number of halogens is 1. The lowest BCUT2D eigenvalue weighted by atomic mass is 10.2. The summed E-state index contributed by atoms with van der Waals surface area (Å²) in [5.41, 5.74) is 0.830. The molecule has 0 saturated heterocycles. The number of rotatable bonds is 5. The molecule has 0 saturated carbocycles. The predicted octanol–water partition coefficient (Wildman–Crippen LogP) is 2.67. The topological polar surface area (TPSA) is 57.6 Å². The molecular formula is C14H16ClNO3. The van der Waals surface area contributed by atoms with Crippen molar-refractivity contribution in [1.82, 2.24) is 4.90 Å². The molecule has 4 nitrogen and oxygen atoms in total. The number of hydrogen-bond acceptors (Lipinski definition) is 2. The van der Waals surface area contributed by atoms with Gasteiger partial charge in [0.15, 0.2) is 0 Å². The van der Waals surface area contributed by atoms with E-state index >= 15 is 0 Å². The molecule has 1 aromatic carbocycles. The first-order chi connectivity index (χ1) is 8.90. The minimum Gasteiger partial charge on any atom is -0.480 e. The van der Waals surface area contributed by atoms with Gasteiger partial charge in [-0.3, -0.25) is 9.59 Å². The molecule has 0 fully saturated rings. The van der Waals surface area contributed by atoms with Crippen LogP contribution in [0, 0.1) is 0 Å². The van der Waals surface area contributed by atoms with Crippen molar-refractivity contribution in [1.29, 1.82) is 0 Å². The summed E-state index contributed by atoms with van der Waals surface area (Å²) < 4.78 is 0. The highest BCUT2D eigenvalue weighted by Crippen LogP contribution is 2.11. The van der Waals surface area contributed by atoms with Crippen LogP contribution in [0.5, 0.6) is 0 Å². The first-order valence-corrected chi connectivity index (χ1v) is 6.24. The molecule has 0 aliphatic carbocycles. The smallest absolute Gasteiger partial charge is 0.323 e. The molecule has 0 atom stereocenters. The quantitative estimate of drug-likeness (QED) is 0.844. The monoisotopic (exact) mass is 281 g/mol. The van der Waals surface area contributed by atoms with E-state index in [1.54, 1.807) is 44.2 Å². The van der Waals surface area contributed by atoms with Gasteiger partial charge in [0.1, 0.15) is 6.54 Å². The zero-order chi connectivity index (χ0) is 14.4. The van der Waals surface area contributed by atoms with Gasteiger partial charge in [-0.2, -0.15) is 0 Å². The van der Waals surface area contributed by atoms with Crippen molar-refractivity contribution >= 4 is 29.6 Å². The van der Waals surface area contributed by atoms with Crippen LogP contribution in [0.4, 0.5) is 0 Å². The van der Waals surface area contributed by atoms with E-state index in [0.29, 0.717) is 5.02 Å². The summed E-state index contributed by atoms with van der Waals surface area (Å²) in [7, 11) is 0. The van der Waals surface area contributed by atoms with Crippen molar-refractivity contribution in [2.45, 2.75) is 19.9 Å². The Morgan fingerprint density at radius 3 is 2.37 bits per heavy atom. The molecule has 1 N–H and O–H groups in total. The van der Waals surface area contributed by atoms with Crippen LogP contribution in [-0.4, -0.2) is 34.5 Å². The minimum absolute atomic E-state index is 0.168. The average molecular weight is 282 g/mol. The summed E-state index contributed by atoms with van der Waals surface area (Å²) in [6.45, 7) is 3.25. The fourth-order valence-corrected chi connectivity index (χ4v) is 1.62. The standard InChI is InChI=1S/C14H16ClNO3/c1-10(2)16(9-14(18)19)13(17)8-5-11-3-6-12(15)7-4-11/h3-8,10H,9H2,1-2H3,(H,18,19)/b8-5+. The Hall–Kier alpha value is -1.81. The summed E-state index contributed by atoms with van der Waals surface area (Å²) in [6.07, 6.45) is 3.00. The second kappa shape index (κ2) is 6.95. The third-order valence-electron chi connectivity index (χ3n) is 2.50. The average Bonchev–Trinajstić information content (AvgIpc) is 2.34. The maximum absolute atomic E-state index is 11.9. The van der Waals surface area contributed by atoms with Gasteiger partial charge in [0.05, 0.1) is 0 Å². The molecule has 102 valence electrons. The van der Waals surface area contributed by atoms with E-state index in [2.05, 4.69) is 0 Å². The number of benzene rings is 1. The van der Waals surface area contributed by atoms with Crippen LogP contribution in [0.2, 0.25) is 5.02 Å². The highest BCUT2D eigenvalue weighted by atomic mass is 35.5. The van der Waals surface area contributed by atoms with Crippen LogP contribution in [0.1, 0.15) is 19.4 Å². The van der Waals surface area contributed by atoms with E-state index in [4.69, 9.17) is 16.7 Å². The zero-order valence-corrected chi connectivity index (χ0v) is 11.6. The predicted molar refractivity (Wildman–Crippen MR) is 75.0 cm³/mol. The number of carboxylic acids is 1. The molecule has 0 radical (unpaired) electrons. The fourth-order valence-electron chi connectivity index (χ4n) is 1.50. The first kappa shape index (κ1) is 15.2. The lowest BCUT2D eigenvalue weighted by molar-refractivity contribution is -0.143. The van der Waals surface area contributed by atoms with E-state index in [0.717, 1.165) is 5.56 Å². The molecule has 1 amide bonds. The second-order valence-electron chi connectivity index (χ2n) is 4.34. The third kappa shape index (κ3) is 5.14. The third-order valence-corrected chi connectivity index (χ3v) is 2.75. The Morgan fingerprint density at radius 2 is 1.89 bits per heavy atom. The maximum Gasteiger partial charge on any atom is 0.323 e.